The number of hydrogen-bond donors (Lipinski definition) is 2. The number of rotatable bonds is 3. The summed E-state index contributed by atoms with van der Waals surface area (Å²) in [4.78, 5) is 24.6. The van der Waals surface area contributed by atoms with Gasteiger partial charge in [-0.3, -0.25) is 4.79 Å². The fourth-order valence-corrected chi connectivity index (χ4v) is 2.13. The number of benzene rings is 1. The number of anilines is 1. The molecule has 102 valence electrons. The van der Waals surface area contributed by atoms with Gasteiger partial charge in [-0.1, -0.05) is 0 Å². The standard InChI is InChI=1S/C13H15FN2O3/c1-16-5-4-9(7-16)12(17)15-11-3-2-8(13(18)19)6-10(11)14/h2-3,6,9H,4-5,7H2,1H3,(H,15,17)(H,18,19). The Morgan fingerprint density at radius 1 is 1.47 bits per heavy atom. The van der Waals surface area contributed by atoms with Crippen molar-refractivity contribution in [1.29, 1.82) is 0 Å². The first-order valence-electron chi connectivity index (χ1n) is 5.99. The van der Waals surface area contributed by atoms with Crippen molar-refractivity contribution in [2.24, 2.45) is 5.92 Å². The van der Waals surface area contributed by atoms with Crippen molar-refractivity contribution >= 4 is 17.6 Å². The summed E-state index contributed by atoms with van der Waals surface area (Å²) in [6.45, 7) is 1.50. The number of halogens is 1. The molecule has 19 heavy (non-hydrogen) atoms. The van der Waals surface area contributed by atoms with Gasteiger partial charge in [0.15, 0.2) is 0 Å². The van der Waals surface area contributed by atoms with E-state index in [9.17, 15) is 14.0 Å². The molecule has 0 aromatic heterocycles. The Kier molecular flexibility index (Phi) is 3.80. The molecule has 0 aliphatic carbocycles. The molecule has 1 amide bonds. The first kappa shape index (κ1) is 13.5. The van der Waals surface area contributed by atoms with Gasteiger partial charge in [0.1, 0.15) is 5.82 Å². The van der Waals surface area contributed by atoms with E-state index in [4.69, 9.17) is 5.11 Å². The number of likely N-dealkylation sites (tertiary alicyclic amines) is 1. The highest BCUT2D eigenvalue weighted by molar-refractivity contribution is 5.94. The molecule has 2 rings (SSSR count). The van der Waals surface area contributed by atoms with Crippen molar-refractivity contribution in [2.45, 2.75) is 6.42 Å². The second kappa shape index (κ2) is 5.36. The third kappa shape index (κ3) is 3.08. The first-order chi connectivity index (χ1) is 8.97. The van der Waals surface area contributed by atoms with Crippen molar-refractivity contribution in [3.05, 3.63) is 29.6 Å². The van der Waals surface area contributed by atoms with E-state index in [1.54, 1.807) is 0 Å². The van der Waals surface area contributed by atoms with Gasteiger partial charge in [-0.2, -0.15) is 0 Å². The van der Waals surface area contributed by atoms with Crippen LogP contribution in [0.25, 0.3) is 0 Å². The number of carbonyl (C=O) groups is 2. The van der Waals surface area contributed by atoms with E-state index >= 15 is 0 Å². The summed E-state index contributed by atoms with van der Waals surface area (Å²) in [7, 11) is 1.93. The predicted molar refractivity (Wildman–Crippen MR) is 67.6 cm³/mol. The second-order valence-corrected chi connectivity index (χ2v) is 4.74. The van der Waals surface area contributed by atoms with Gasteiger partial charge >= 0.3 is 5.97 Å². The smallest absolute Gasteiger partial charge is 0.335 e. The van der Waals surface area contributed by atoms with E-state index in [0.29, 0.717) is 6.54 Å². The lowest BCUT2D eigenvalue weighted by molar-refractivity contribution is -0.119. The van der Waals surface area contributed by atoms with Crippen LogP contribution in [0.5, 0.6) is 0 Å². The average Bonchev–Trinajstić information content (AvgIpc) is 2.78. The molecular weight excluding hydrogens is 251 g/mol. The first-order valence-corrected chi connectivity index (χ1v) is 5.99. The van der Waals surface area contributed by atoms with Crippen molar-refractivity contribution in [3.8, 4) is 0 Å². The molecule has 0 spiro atoms. The van der Waals surface area contributed by atoms with Gasteiger partial charge in [-0.05, 0) is 38.2 Å². The molecule has 5 nitrogen and oxygen atoms in total. The Balaban J connectivity index is 2.07. The highest BCUT2D eigenvalue weighted by Crippen LogP contribution is 2.20. The van der Waals surface area contributed by atoms with Gasteiger partial charge in [0.05, 0.1) is 17.2 Å². The van der Waals surface area contributed by atoms with E-state index in [0.717, 1.165) is 19.0 Å². The molecule has 1 saturated heterocycles. The van der Waals surface area contributed by atoms with Crippen LogP contribution in [0.15, 0.2) is 18.2 Å². The Morgan fingerprint density at radius 3 is 2.74 bits per heavy atom. The molecule has 1 fully saturated rings. The van der Waals surface area contributed by atoms with Crippen LogP contribution in [-0.4, -0.2) is 42.0 Å². The van der Waals surface area contributed by atoms with Crippen molar-refractivity contribution in [2.75, 3.05) is 25.5 Å². The monoisotopic (exact) mass is 266 g/mol. The van der Waals surface area contributed by atoms with Crippen LogP contribution in [0.3, 0.4) is 0 Å². The number of carboxylic acid groups (broad SMARTS) is 1. The van der Waals surface area contributed by atoms with Crippen molar-refractivity contribution < 1.29 is 19.1 Å². The van der Waals surface area contributed by atoms with Gasteiger partial charge < -0.3 is 15.3 Å². The number of hydrogen-bond acceptors (Lipinski definition) is 3. The molecule has 1 aromatic rings. The maximum atomic E-state index is 13.6. The highest BCUT2D eigenvalue weighted by atomic mass is 19.1. The summed E-state index contributed by atoms with van der Waals surface area (Å²) in [6, 6.07) is 3.44. The zero-order chi connectivity index (χ0) is 14.0. The molecule has 0 bridgehead atoms. The zero-order valence-corrected chi connectivity index (χ0v) is 10.5. The molecule has 1 aliphatic rings. The molecular formula is C13H15FN2O3. The quantitative estimate of drug-likeness (QED) is 0.868. The Labute approximate surface area is 110 Å². The van der Waals surface area contributed by atoms with E-state index in [2.05, 4.69) is 5.32 Å². The number of amides is 1. The summed E-state index contributed by atoms with van der Waals surface area (Å²) < 4.78 is 13.6. The summed E-state index contributed by atoms with van der Waals surface area (Å²) in [6.07, 6.45) is 0.747. The lowest BCUT2D eigenvalue weighted by atomic mass is 10.1. The van der Waals surface area contributed by atoms with Gasteiger partial charge in [-0.15, -0.1) is 0 Å². The second-order valence-electron chi connectivity index (χ2n) is 4.74. The van der Waals surface area contributed by atoms with Gasteiger partial charge in [0, 0.05) is 6.54 Å². The summed E-state index contributed by atoms with van der Waals surface area (Å²) in [5.74, 6) is -2.32. The van der Waals surface area contributed by atoms with Gasteiger partial charge in [0.25, 0.3) is 0 Å². The van der Waals surface area contributed by atoms with Crippen molar-refractivity contribution in [1.82, 2.24) is 4.90 Å². The van der Waals surface area contributed by atoms with Gasteiger partial charge in [0.2, 0.25) is 5.91 Å². The fourth-order valence-electron chi connectivity index (χ4n) is 2.13. The lowest BCUT2D eigenvalue weighted by Crippen LogP contribution is -2.25. The molecule has 1 aliphatic heterocycles. The van der Waals surface area contributed by atoms with E-state index in [1.807, 2.05) is 11.9 Å². The van der Waals surface area contributed by atoms with Crippen LogP contribution in [0.1, 0.15) is 16.8 Å². The number of nitrogens with one attached hydrogen (secondary N) is 1. The third-order valence-electron chi connectivity index (χ3n) is 3.24. The largest absolute Gasteiger partial charge is 0.478 e. The minimum atomic E-state index is -1.20. The summed E-state index contributed by atoms with van der Waals surface area (Å²) in [5.41, 5.74) is -0.124. The van der Waals surface area contributed by atoms with Crippen LogP contribution >= 0.6 is 0 Å². The molecule has 0 radical (unpaired) electrons. The Bertz CT molecular complexity index is 519. The molecule has 1 aromatic carbocycles. The minimum Gasteiger partial charge on any atom is -0.478 e. The Hall–Kier alpha value is -1.95. The molecule has 6 heteroatoms. The average molecular weight is 266 g/mol. The summed E-state index contributed by atoms with van der Waals surface area (Å²) >= 11 is 0. The number of nitrogens with zero attached hydrogens (tertiary/aromatic N) is 1. The SMILES string of the molecule is CN1CCC(C(=O)Nc2ccc(C(=O)O)cc2F)C1. The maximum absolute atomic E-state index is 13.6. The third-order valence-corrected chi connectivity index (χ3v) is 3.24. The van der Waals surface area contributed by atoms with E-state index in [1.165, 1.54) is 12.1 Å². The normalized spacial score (nSPS) is 19.4. The number of aromatic carboxylic acids is 1. The van der Waals surface area contributed by atoms with Gasteiger partial charge in [-0.25, -0.2) is 9.18 Å². The fraction of sp³-hybridized carbons (Fsp3) is 0.385. The zero-order valence-electron chi connectivity index (χ0n) is 10.5. The van der Waals surface area contributed by atoms with Crippen LogP contribution in [0, 0.1) is 11.7 Å². The molecule has 0 saturated carbocycles. The number of carbonyl (C=O) groups excluding carboxylic acids is 1. The lowest BCUT2D eigenvalue weighted by Gasteiger charge is -2.12. The highest BCUT2D eigenvalue weighted by Gasteiger charge is 2.26. The molecule has 2 N–H and O–H groups in total. The molecule has 1 heterocycles. The molecule has 1 unspecified atom stereocenters. The number of carboxylic acids is 1. The van der Waals surface area contributed by atoms with Crippen molar-refractivity contribution in [3.63, 3.8) is 0 Å². The van der Waals surface area contributed by atoms with E-state index < -0.39 is 11.8 Å². The maximum Gasteiger partial charge on any atom is 0.335 e. The van der Waals surface area contributed by atoms with E-state index in [-0.39, 0.29) is 23.1 Å². The predicted octanol–water partition coefficient (Wildman–Crippen LogP) is 1.41. The van der Waals surface area contributed by atoms with Crippen LogP contribution < -0.4 is 5.32 Å². The summed E-state index contributed by atoms with van der Waals surface area (Å²) in [5, 5.41) is 11.2. The minimum absolute atomic E-state index is 0.0181. The van der Waals surface area contributed by atoms with Crippen LogP contribution in [0.2, 0.25) is 0 Å². The Morgan fingerprint density at radius 2 is 2.21 bits per heavy atom. The topological polar surface area (TPSA) is 69.6 Å². The van der Waals surface area contributed by atoms with Crippen LogP contribution in [-0.2, 0) is 4.79 Å². The van der Waals surface area contributed by atoms with Crippen LogP contribution in [0.4, 0.5) is 10.1 Å². The molecule has 1 atom stereocenters.